The molecule has 2 N–H and O–H groups in total. The smallest absolute Gasteiger partial charge is 0.300 e. The number of nitrogens with one attached hydrogen (secondary N) is 2. The van der Waals surface area contributed by atoms with Gasteiger partial charge in [0.15, 0.2) is 0 Å². The molecule has 5 nitrogen and oxygen atoms in total. The fourth-order valence-corrected chi connectivity index (χ4v) is 2.34. The Balaban J connectivity index is 1.90. The Kier molecular flexibility index (Phi) is 4.57. The number of imidazole rings is 1. The van der Waals surface area contributed by atoms with Crippen LogP contribution in [0.15, 0.2) is 18.2 Å². The molecule has 1 aromatic heterocycles. The molecule has 3 rings (SSSR count). The highest BCUT2D eigenvalue weighted by atomic mass is 16.5. The van der Waals surface area contributed by atoms with Crippen LogP contribution in [0.2, 0.25) is 0 Å². The SMILES string of the molecule is CC#CC(=O)Nc1cc(-c2nc(C)c(C)[nH]2)ccc1OCC1CC1. The Hall–Kier alpha value is -2.74. The van der Waals surface area contributed by atoms with Gasteiger partial charge in [0, 0.05) is 11.3 Å². The molecule has 1 heterocycles. The molecule has 1 aromatic carbocycles. The Morgan fingerprint density at radius 1 is 1.42 bits per heavy atom. The van der Waals surface area contributed by atoms with Crippen LogP contribution in [0, 0.1) is 31.6 Å². The van der Waals surface area contributed by atoms with Crippen LogP contribution in [0.1, 0.15) is 31.2 Å². The van der Waals surface area contributed by atoms with Crippen LogP contribution < -0.4 is 10.1 Å². The first-order valence-corrected chi connectivity index (χ1v) is 8.11. The summed E-state index contributed by atoms with van der Waals surface area (Å²) in [5.74, 6) is 6.82. The third kappa shape index (κ3) is 3.77. The average Bonchev–Trinajstić information content (AvgIpc) is 3.31. The third-order valence-electron chi connectivity index (χ3n) is 4.04. The van der Waals surface area contributed by atoms with Crippen molar-refractivity contribution in [1.82, 2.24) is 9.97 Å². The van der Waals surface area contributed by atoms with Gasteiger partial charge in [-0.3, -0.25) is 4.79 Å². The highest BCUT2D eigenvalue weighted by molar-refractivity contribution is 6.05. The fraction of sp³-hybridized carbons (Fsp3) is 0.368. The molecular weight excluding hydrogens is 302 g/mol. The van der Waals surface area contributed by atoms with E-state index in [2.05, 4.69) is 27.1 Å². The first-order valence-electron chi connectivity index (χ1n) is 8.11. The molecule has 0 atom stereocenters. The lowest BCUT2D eigenvalue weighted by Gasteiger charge is -2.12. The lowest BCUT2D eigenvalue weighted by atomic mass is 10.1. The molecule has 1 aliphatic rings. The summed E-state index contributed by atoms with van der Waals surface area (Å²) in [7, 11) is 0. The predicted octanol–water partition coefficient (Wildman–Crippen LogP) is 3.44. The van der Waals surface area contributed by atoms with Crippen molar-refractivity contribution in [3.8, 4) is 29.0 Å². The summed E-state index contributed by atoms with van der Waals surface area (Å²) in [6.45, 7) is 6.26. The molecule has 24 heavy (non-hydrogen) atoms. The van der Waals surface area contributed by atoms with Crippen LogP contribution >= 0.6 is 0 Å². The Bertz CT molecular complexity index is 803. The number of aromatic nitrogens is 2. The van der Waals surface area contributed by atoms with Gasteiger partial charge in [-0.25, -0.2) is 4.98 Å². The maximum atomic E-state index is 11.9. The number of carbonyl (C=O) groups is 1. The minimum Gasteiger partial charge on any atom is -0.491 e. The van der Waals surface area contributed by atoms with Gasteiger partial charge in [0.2, 0.25) is 0 Å². The second kappa shape index (κ2) is 6.79. The van der Waals surface area contributed by atoms with Crippen molar-refractivity contribution >= 4 is 11.6 Å². The highest BCUT2D eigenvalue weighted by Crippen LogP contribution is 2.34. The zero-order valence-corrected chi connectivity index (χ0v) is 14.2. The van der Waals surface area contributed by atoms with E-state index in [-0.39, 0.29) is 5.91 Å². The van der Waals surface area contributed by atoms with Crippen molar-refractivity contribution in [3.05, 3.63) is 29.6 Å². The summed E-state index contributed by atoms with van der Waals surface area (Å²) < 4.78 is 5.87. The largest absolute Gasteiger partial charge is 0.491 e. The van der Waals surface area contributed by atoms with E-state index >= 15 is 0 Å². The maximum absolute atomic E-state index is 11.9. The van der Waals surface area contributed by atoms with Gasteiger partial charge in [0.1, 0.15) is 11.6 Å². The number of nitrogens with zero attached hydrogens (tertiary/aromatic N) is 1. The van der Waals surface area contributed by atoms with Gasteiger partial charge in [0.25, 0.3) is 5.91 Å². The fourth-order valence-electron chi connectivity index (χ4n) is 2.34. The standard InChI is InChI=1S/C19H21N3O2/c1-4-5-18(23)22-16-10-15(19-20-12(2)13(3)21-19)8-9-17(16)24-11-14-6-7-14/h8-10,14H,6-7,11H2,1-3H3,(H,20,21)(H,22,23). The minimum atomic E-state index is -0.349. The number of carbonyl (C=O) groups excluding carboxylic acids is 1. The molecule has 1 fully saturated rings. The van der Waals surface area contributed by atoms with Gasteiger partial charge >= 0.3 is 0 Å². The van der Waals surface area contributed by atoms with Crippen molar-refractivity contribution in [2.75, 3.05) is 11.9 Å². The van der Waals surface area contributed by atoms with Crippen molar-refractivity contribution in [1.29, 1.82) is 0 Å². The zero-order valence-electron chi connectivity index (χ0n) is 14.2. The molecule has 124 valence electrons. The highest BCUT2D eigenvalue weighted by Gasteiger charge is 2.22. The van der Waals surface area contributed by atoms with E-state index in [1.54, 1.807) is 6.92 Å². The van der Waals surface area contributed by atoms with Crippen LogP contribution in [0.25, 0.3) is 11.4 Å². The number of ether oxygens (including phenoxy) is 1. The van der Waals surface area contributed by atoms with Gasteiger partial charge in [0.05, 0.1) is 18.0 Å². The number of hydrogen-bond acceptors (Lipinski definition) is 3. The van der Waals surface area contributed by atoms with Gasteiger partial charge in [-0.2, -0.15) is 0 Å². The first-order chi connectivity index (χ1) is 11.6. The molecule has 1 amide bonds. The van der Waals surface area contributed by atoms with E-state index in [1.165, 1.54) is 12.8 Å². The van der Waals surface area contributed by atoms with Crippen LogP contribution in [0.4, 0.5) is 5.69 Å². The van der Waals surface area contributed by atoms with Crippen molar-refractivity contribution in [2.24, 2.45) is 5.92 Å². The normalized spacial score (nSPS) is 13.1. The molecule has 0 radical (unpaired) electrons. The van der Waals surface area contributed by atoms with Crippen LogP contribution in [-0.2, 0) is 4.79 Å². The molecule has 0 bridgehead atoms. The van der Waals surface area contributed by atoms with E-state index in [0.717, 1.165) is 22.8 Å². The van der Waals surface area contributed by atoms with Crippen molar-refractivity contribution < 1.29 is 9.53 Å². The lowest BCUT2D eigenvalue weighted by Crippen LogP contribution is -2.11. The zero-order chi connectivity index (χ0) is 17.1. The van der Waals surface area contributed by atoms with Crippen LogP contribution in [0.5, 0.6) is 5.75 Å². The van der Waals surface area contributed by atoms with Crippen molar-refractivity contribution in [2.45, 2.75) is 33.6 Å². The van der Waals surface area contributed by atoms with E-state index in [1.807, 2.05) is 32.0 Å². The minimum absolute atomic E-state index is 0.349. The number of aromatic amines is 1. The van der Waals surface area contributed by atoms with Gasteiger partial charge in [-0.1, -0.05) is 5.92 Å². The Labute approximate surface area is 141 Å². The summed E-state index contributed by atoms with van der Waals surface area (Å²) >= 11 is 0. The Morgan fingerprint density at radius 3 is 2.83 bits per heavy atom. The van der Waals surface area contributed by atoms with Crippen molar-refractivity contribution in [3.63, 3.8) is 0 Å². The average molecular weight is 323 g/mol. The topological polar surface area (TPSA) is 67.0 Å². The summed E-state index contributed by atoms with van der Waals surface area (Å²) in [5, 5.41) is 2.81. The lowest BCUT2D eigenvalue weighted by molar-refractivity contribution is -0.111. The molecule has 1 aliphatic carbocycles. The summed E-state index contributed by atoms with van der Waals surface area (Å²) in [4.78, 5) is 19.6. The van der Waals surface area contributed by atoms with E-state index in [9.17, 15) is 4.79 Å². The number of anilines is 1. The molecule has 0 aliphatic heterocycles. The molecule has 0 unspecified atom stereocenters. The number of hydrogen-bond donors (Lipinski definition) is 2. The van der Waals surface area contributed by atoms with Gasteiger partial charge < -0.3 is 15.0 Å². The number of amides is 1. The third-order valence-corrected chi connectivity index (χ3v) is 4.04. The monoisotopic (exact) mass is 323 g/mol. The Morgan fingerprint density at radius 2 is 2.21 bits per heavy atom. The van der Waals surface area contributed by atoms with Gasteiger partial charge in [-0.15, -0.1) is 0 Å². The molecule has 0 spiro atoms. The predicted molar refractivity (Wildman–Crippen MR) is 93.8 cm³/mol. The quantitative estimate of drug-likeness (QED) is 0.828. The summed E-state index contributed by atoms with van der Waals surface area (Å²) in [6, 6.07) is 5.69. The summed E-state index contributed by atoms with van der Waals surface area (Å²) in [6.07, 6.45) is 2.43. The van der Waals surface area contributed by atoms with Gasteiger partial charge in [-0.05, 0) is 63.7 Å². The molecule has 5 heteroatoms. The maximum Gasteiger partial charge on any atom is 0.300 e. The first kappa shape index (κ1) is 16.1. The second-order valence-electron chi connectivity index (χ2n) is 6.09. The van der Waals surface area contributed by atoms with Crippen LogP contribution in [-0.4, -0.2) is 22.5 Å². The van der Waals surface area contributed by atoms with Crippen LogP contribution in [0.3, 0.4) is 0 Å². The summed E-state index contributed by atoms with van der Waals surface area (Å²) in [5.41, 5.74) is 3.50. The molecule has 1 saturated carbocycles. The number of aryl methyl sites for hydroxylation is 2. The molecule has 0 saturated heterocycles. The second-order valence-corrected chi connectivity index (χ2v) is 6.09. The number of rotatable bonds is 5. The molecular formula is C19H21N3O2. The molecule has 2 aromatic rings. The number of benzene rings is 1. The number of H-pyrrole nitrogens is 1. The van der Waals surface area contributed by atoms with E-state index < -0.39 is 0 Å². The van der Waals surface area contributed by atoms with E-state index in [0.29, 0.717) is 24.0 Å². The van der Waals surface area contributed by atoms with E-state index in [4.69, 9.17) is 4.74 Å².